The van der Waals surface area contributed by atoms with Crippen LogP contribution in [0.5, 0.6) is 0 Å². The van der Waals surface area contributed by atoms with E-state index in [1.54, 1.807) is 12.4 Å². The summed E-state index contributed by atoms with van der Waals surface area (Å²) >= 11 is 0. The molecule has 2 heterocycles. The molecule has 0 radical (unpaired) electrons. The van der Waals surface area contributed by atoms with Gasteiger partial charge < -0.3 is 9.73 Å². The zero-order valence-electron chi connectivity index (χ0n) is 10.1. The van der Waals surface area contributed by atoms with Crippen molar-refractivity contribution in [2.24, 2.45) is 0 Å². The smallest absolute Gasteiger partial charge is 0.250 e. The molecule has 2 rings (SSSR count). The van der Waals surface area contributed by atoms with Crippen molar-refractivity contribution >= 4 is 0 Å². The average Bonchev–Trinajstić information content (AvgIpc) is 3.00. The SMILES string of the molecule is CCCNC(CC)c1nnc(-c2cn[nH]c2)o1. The summed E-state index contributed by atoms with van der Waals surface area (Å²) in [5.41, 5.74) is 0.814. The van der Waals surface area contributed by atoms with Crippen LogP contribution in [0.2, 0.25) is 0 Å². The molecule has 1 atom stereocenters. The lowest BCUT2D eigenvalue weighted by Crippen LogP contribution is -2.21. The van der Waals surface area contributed by atoms with Gasteiger partial charge >= 0.3 is 0 Å². The van der Waals surface area contributed by atoms with E-state index < -0.39 is 0 Å². The van der Waals surface area contributed by atoms with E-state index in [-0.39, 0.29) is 6.04 Å². The second-order valence-corrected chi connectivity index (χ2v) is 3.85. The van der Waals surface area contributed by atoms with Crippen LogP contribution in [0.4, 0.5) is 0 Å². The number of aromatic nitrogens is 4. The third-order valence-electron chi connectivity index (χ3n) is 2.53. The van der Waals surface area contributed by atoms with E-state index in [1.807, 2.05) is 0 Å². The van der Waals surface area contributed by atoms with Gasteiger partial charge in [0.1, 0.15) is 0 Å². The minimum atomic E-state index is 0.128. The summed E-state index contributed by atoms with van der Waals surface area (Å²) < 4.78 is 5.63. The molecule has 0 amide bonds. The highest BCUT2D eigenvalue weighted by molar-refractivity contribution is 5.48. The first kappa shape index (κ1) is 11.8. The Morgan fingerprint density at radius 1 is 1.41 bits per heavy atom. The fourth-order valence-electron chi connectivity index (χ4n) is 1.58. The van der Waals surface area contributed by atoms with Gasteiger partial charge in [-0.15, -0.1) is 10.2 Å². The fourth-order valence-corrected chi connectivity index (χ4v) is 1.58. The Morgan fingerprint density at radius 2 is 2.29 bits per heavy atom. The minimum absolute atomic E-state index is 0.128. The molecule has 0 saturated carbocycles. The molecule has 6 heteroatoms. The molecule has 92 valence electrons. The van der Waals surface area contributed by atoms with E-state index in [4.69, 9.17) is 4.42 Å². The van der Waals surface area contributed by atoms with E-state index in [9.17, 15) is 0 Å². The van der Waals surface area contributed by atoms with Gasteiger partial charge in [-0.2, -0.15) is 5.10 Å². The largest absolute Gasteiger partial charge is 0.419 e. The lowest BCUT2D eigenvalue weighted by molar-refractivity contribution is 0.396. The van der Waals surface area contributed by atoms with Gasteiger partial charge in [0, 0.05) is 6.20 Å². The molecule has 0 spiro atoms. The van der Waals surface area contributed by atoms with Crippen LogP contribution in [0.1, 0.15) is 38.6 Å². The molecule has 0 fully saturated rings. The molecule has 1 unspecified atom stereocenters. The molecule has 2 aromatic heterocycles. The van der Waals surface area contributed by atoms with Gasteiger partial charge in [-0.05, 0) is 19.4 Å². The molecule has 2 N–H and O–H groups in total. The van der Waals surface area contributed by atoms with E-state index in [0.29, 0.717) is 11.8 Å². The summed E-state index contributed by atoms with van der Waals surface area (Å²) in [6, 6.07) is 0.128. The van der Waals surface area contributed by atoms with Crippen LogP contribution in [-0.4, -0.2) is 26.9 Å². The van der Waals surface area contributed by atoms with E-state index in [1.165, 1.54) is 0 Å². The third kappa shape index (κ3) is 2.71. The van der Waals surface area contributed by atoms with Crippen molar-refractivity contribution < 1.29 is 4.42 Å². The Hall–Kier alpha value is -1.69. The van der Waals surface area contributed by atoms with Gasteiger partial charge in [0.15, 0.2) is 0 Å². The molecule has 17 heavy (non-hydrogen) atoms. The van der Waals surface area contributed by atoms with E-state index in [0.717, 1.165) is 24.9 Å². The maximum Gasteiger partial charge on any atom is 0.250 e. The van der Waals surface area contributed by atoms with Gasteiger partial charge in [-0.25, -0.2) is 0 Å². The number of hydrogen-bond donors (Lipinski definition) is 2. The van der Waals surface area contributed by atoms with Gasteiger partial charge in [0.05, 0.1) is 17.8 Å². The summed E-state index contributed by atoms with van der Waals surface area (Å²) in [7, 11) is 0. The van der Waals surface area contributed by atoms with Crippen LogP contribution in [-0.2, 0) is 0 Å². The first-order valence-electron chi connectivity index (χ1n) is 5.91. The Labute approximate surface area is 99.8 Å². The normalized spacial score (nSPS) is 12.8. The van der Waals surface area contributed by atoms with Gasteiger partial charge in [-0.3, -0.25) is 5.10 Å². The lowest BCUT2D eigenvalue weighted by atomic mass is 10.2. The Morgan fingerprint density at radius 3 is 2.94 bits per heavy atom. The van der Waals surface area contributed by atoms with Crippen molar-refractivity contribution in [2.45, 2.75) is 32.7 Å². The average molecular weight is 235 g/mol. The second kappa shape index (κ2) is 5.58. The maximum absolute atomic E-state index is 5.63. The molecule has 0 bridgehead atoms. The number of aromatic amines is 1. The van der Waals surface area contributed by atoms with Crippen LogP contribution in [0.3, 0.4) is 0 Å². The fraction of sp³-hybridized carbons (Fsp3) is 0.545. The molecular weight excluding hydrogens is 218 g/mol. The van der Waals surface area contributed by atoms with Crippen LogP contribution in [0.25, 0.3) is 11.5 Å². The molecule has 0 aliphatic heterocycles. The summed E-state index contributed by atoms with van der Waals surface area (Å²) in [5.74, 6) is 1.14. The highest BCUT2D eigenvalue weighted by Crippen LogP contribution is 2.20. The van der Waals surface area contributed by atoms with Gasteiger partial charge in [-0.1, -0.05) is 13.8 Å². The van der Waals surface area contributed by atoms with Crippen molar-refractivity contribution in [2.75, 3.05) is 6.54 Å². The zero-order valence-corrected chi connectivity index (χ0v) is 10.1. The van der Waals surface area contributed by atoms with Crippen molar-refractivity contribution in [1.29, 1.82) is 0 Å². The van der Waals surface area contributed by atoms with Gasteiger partial charge in [0.25, 0.3) is 5.89 Å². The second-order valence-electron chi connectivity index (χ2n) is 3.85. The molecular formula is C11H17N5O. The number of nitrogens with one attached hydrogen (secondary N) is 2. The number of nitrogens with zero attached hydrogens (tertiary/aromatic N) is 3. The molecule has 0 saturated heterocycles. The number of rotatable bonds is 6. The predicted molar refractivity (Wildman–Crippen MR) is 63.2 cm³/mol. The summed E-state index contributed by atoms with van der Waals surface area (Å²) in [6.45, 7) is 5.17. The van der Waals surface area contributed by atoms with Crippen LogP contribution in [0, 0.1) is 0 Å². The third-order valence-corrected chi connectivity index (χ3v) is 2.53. The van der Waals surface area contributed by atoms with E-state index >= 15 is 0 Å². The topological polar surface area (TPSA) is 79.6 Å². The zero-order chi connectivity index (χ0) is 12.1. The Balaban J connectivity index is 2.11. The van der Waals surface area contributed by atoms with Crippen LogP contribution >= 0.6 is 0 Å². The summed E-state index contributed by atoms with van der Waals surface area (Å²) in [6.07, 6.45) is 5.40. The number of hydrogen-bond acceptors (Lipinski definition) is 5. The molecule has 0 aliphatic carbocycles. The highest BCUT2D eigenvalue weighted by Gasteiger charge is 2.17. The quantitative estimate of drug-likeness (QED) is 0.799. The number of H-pyrrole nitrogens is 1. The highest BCUT2D eigenvalue weighted by atomic mass is 16.4. The minimum Gasteiger partial charge on any atom is -0.419 e. The molecule has 0 aromatic carbocycles. The molecule has 2 aromatic rings. The monoisotopic (exact) mass is 235 g/mol. The van der Waals surface area contributed by atoms with Crippen molar-refractivity contribution in [3.63, 3.8) is 0 Å². The summed E-state index contributed by atoms with van der Waals surface area (Å²) in [4.78, 5) is 0. The Bertz CT molecular complexity index is 436. The maximum atomic E-state index is 5.63. The first-order valence-corrected chi connectivity index (χ1v) is 5.91. The predicted octanol–water partition coefficient (Wildman–Crippen LogP) is 1.91. The Kier molecular flexibility index (Phi) is 3.87. The van der Waals surface area contributed by atoms with Gasteiger partial charge in [0.2, 0.25) is 5.89 Å². The molecule has 0 aliphatic rings. The van der Waals surface area contributed by atoms with E-state index in [2.05, 4.69) is 39.6 Å². The lowest BCUT2D eigenvalue weighted by Gasteiger charge is -2.11. The van der Waals surface area contributed by atoms with Crippen LogP contribution in [0.15, 0.2) is 16.8 Å². The standard InChI is InChI=1S/C11H17N5O/c1-3-5-12-9(4-2)11-16-15-10(17-11)8-6-13-14-7-8/h6-7,9,12H,3-5H2,1-2H3,(H,13,14). The molecule has 6 nitrogen and oxygen atoms in total. The first-order chi connectivity index (χ1) is 8.35. The van der Waals surface area contributed by atoms with Crippen LogP contribution < -0.4 is 5.32 Å². The van der Waals surface area contributed by atoms with Crippen molar-refractivity contribution in [1.82, 2.24) is 25.7 Å². The summed E-state index contributed by atoms with van der Waals surface area (Å²) in [5, 5.41) is 18.0. The van der Waals surface area contributed by atoms with Crippen molar-refractivity contribution in [3.8, 4) is 11.5 Å². The van der Waals surface area contributed by atoms with Crippen molar-refractivity contribution in [3.05, 3.63) is 18.3 Å².